The fourth-order valence-corrected chi connectivity index (χ4v) is 2.57. The number of benzene rings is 1. The predicted octanol–water partition coefficient (Wildman–Crippen LogP) is 2.51. The summed E-state index contributed by atoms with van der Waals surface area (Å²) < 4.78 is 0. The van der Waals surface area contributed by atoms with E-state index in [0.29, 0.717) is 5.01 Å². The van der Waals surface area contributed by atoms with Gasteiger partial charge in [0.15, 0.2) is 6.04 Å². The molecule has 5 heteroatoms. The smallest absolute Gasteiger partial charge is 0.327 e. The van der Waals surface area contributed by atoms with Gasteiger partial charge in [0.1, 0.15) is 5.01 Å². The predicted molar refractivity (Wildman–Crippen MR) is 71.6 cm³/mol. The van der Waals surface area contributed by atoms with E-state index in [0.717, 1.165) is 16.8 Å². The van der Waals surface area contributed by atoms with Crippen molar-refractivity contribution >= 4 is 17.3 Å². The van der Waals surface area contributed by atoms with Crippen LogP contribution in [-0.2, 0) is 4.79 Å². The van der Waals surface area contributed by atoms with Crippen molar-refractivity contribution in [2.24, 2.45) is 5.73 Å². The number of thiazole rings is 1. The first kappa shape index (κ1) is 12.7. The summed E-state index contributed by atoms with van der Waals surface area (Å²) >= 11 is 1.28. The van der Waals surface area contributed by atoms with Gasteiger partial charge in [-0.2, -0.15) is 0 Å². The van der Waals surface area contributed by atoms with Crippen LogP contribution in [0.3, 0.4) is 0 Å². The first-order valence-electron chi connectivity index (χ1n) is 5.50. The Morgan fingerprint density at radius 1 is 1.44 bits per heavy atom. The summed E-state index contributed by atoms with van der Waals surface area (Å²) in [4.78, 5) is 15.1. The zero-order valence-electron chi connectivity index (χ0n) is 10.2. The van der Waals surface area contributed by atoms with Crippen LogP contribution in [0.25, 0.3) is 11.3 Å². The molecule has 0 bridgehead atoms. The molecule has 2 aromatic rings. The van der Waals surface area contributed by atoms with Gasteiger partial charge < -0.3 is 10.8 Å². The monoisotopic (exact) mass is 262 g/mol. The summed E-state index contributed by atoms with van der Waals surface area (Å²) in [5, 5.41) is 11.1. The molecule has 2 rings (SSSR count). The van der Waals surface area contributed by atoms with Gasteiger partial charge in [-0.15, -0.1) is 11.3 Å². The third-order valence-corrected chi connectivity index (χ3v) is 3.64. The van der Waals surface area contributed by atoms with E-state index in [2.05, 4.69) is 11.1 Å². The summed E-state index contributed by atoms with van der Waals surface area (Å²) in [7, 11) is 0. The number of carbonyl (C=O) groups is 1. The number of rotatable bonds is 3. The molecule has 0 aliphatic heterocycles. The molecular weight excluding hydrogens is 248 g/mol. The van der Waals surface area contributed by atoms with Crippen molar-refractivity contribution in [1.29, 1.82) is 0 Å². The number of hydrogen-bond donors (Lipinski definition) is 2. The van der Waals surface area contributed by atoms with Crippen molar-refractivity contribution < 1.29 is 9.90 Å². The van der Waals surface area contributed by atoms with E-state index in [9.17, 15) is 4.79 Å². The minimum Gasteiger partial charge on any atom is -0.480 e. The lowest BCUT2D eigenvalue weighted by molar-refractivity contribution is -0.138. The Kier molecular flexibility index (Phi) is 3.45. The van der Waals surface area contributed by atoms with Crippen LogP contribution in [0.4, 0.5) is 0 Å². The highest BCUT2D eigenvalue weighted by Gasteiger charge is 2.18. The number of carboxylic acid groups (broad SMARTS) is 1. The molecule has 94 valence electrons. The number of carboxylic acids is 1. The molecule has 1 aromatic heterocycles. The molecule has 18 heavy (non-hydrogen) atoms. The summed E-state index contributed by atoms with van der Waals surface area (Å²) in [5.41, 5.74) is 9.65. The molecule has 0 aliphatic carbocycles. The maximum Gasteiger partial charge on any atom is 0.327 e. The molecule has 0 saturated carbocycles. The molecule has 0 aliphatic rings. The van der Waals surface area contributed by atoms with Crippen LogP contribution in [0.5, 0.6) is 0 Å². The molecule has 0 radical (unpaired) electrons. The molecule has 1 unspecified atom stereocenters. The Balaban J connectivity index is 2.38. The van der Waals surface area contributed by atoms with Crippen LogP contribution in [0, 0.1) is 13.8 Å². The van der Waals surface area contributed by atoms with Crippen LogP contribution in [0.1, 0.15) is 22.2 Å². The van der Waals surface area contributed by atoms with Crippen molar-refractivity contribution in [2.75, 3.05) is 0 Å². The first-order valence-corrected chi connectivity index (χ1v) is 6.38. The number of nitrogens with zero attached hydrogens (tertiary/aromatic N) is 1. The Bertz CT molecular complexity index is 592. The molecule has 1 aromatic carbocycles. The molecule has 0 fully saturated rings. The van der Waals surface area contributed by atoms with Crippen molar-refractivity contribution in [3.8, 4) is 11.3 Å². The highest BCUT2D eigenvalue weighted by molar-refractivity contribution is 7.10. The molecule has 3 N–H and O–H groups in total. The van der Waals surface area contributed by atoms with E-state index < -0.39 is 12.0 Å². The third kappa shape index (κ3) is 2.42. The summed E-state index contributed by atoms with van der Waals surface area (Å²) in [6, 6.07) is 5.04. The zero-order chi connectivity index (χ0) is 13.3. The van der Waals surface area contributed by atoms with Gasteiger partial charge in [-0.25, -0.2) is 4.98 Å². The van der Waals surface area contributed by atoms with Crippen LogP contribution in [0.15, 0.2) is 23.6 Å². The maximum absolute atomic E-state index is 10.8. The van der Waals surface area contributed by atoms with Gasteiger partial charge in [0.2, 0.25) is 0 Å². The summed E-state index contributed by atoms with van der Waals surface area (Å²) in [5.74, 6) is -1.06. The average Bonchev–Trinajstić information content (AvgIpc) is 2.77. The number of aliphatic carboxylic acids is 1. The van der Waals surface area contributed by atoms with E-state index in [1.807, 2.05) is 31.4 Å². The Morgan fingerprint density at radius 3 is 2.78 bits per heavy atom. The van der Waals surface area contributed by atoms with E-state index in [1.165, 1.54) is 16.9 Å². The summed E-state index contributed by atoms with van der Waals surface area (Å²) in [6.45, 7) is 4.04. The van der Waals surface area contributed by atoms with Crippen LogP contribution >= 0.6 is 11.3 Å². The van der Waals surface area contributed by atoms with Gasteiger partial charge in [-0.05, 0) is 19.4 Å². The van der Waals surface area contributed by atoms with Crippen LogP contribution in [0.2, 0.25) is 0 Å². The maximum atomic E-state index is 10.8. The van der Waals surface area contributed by atoms with Gasteiger partial charge in [0, 0.05) is 10.9 Å². The van der Waals surface area contributed by atoms with Gasteiger partial charge in [-0.3, -0.25) is 4.79 Å². The van der Waals surface area contributed by atoms with E-state index in [4.69, 9.17) is 10.8 Å². The topological polar surface area (TPSA) is 76.2 Å². The lowest BCUT2D eigenvalue weighted by Crippen LogP contribution is -2.20. The second-order valence-electron chi connectivity index (χ2n) is 4.21. The molecule has 0 saturated heterocycles. The SMILES string of the molecule is Cc1ccc(-c2csc(C(N)C(=O)O)n2)c(C)c1. The number of aryl methyl sites for hydroxylation is 2. The van der Waals surface area contributed by atoms with Crippen LogP contribution in [-0.4, -0.2) is 16.1 Å². The van der Waals surface area contributed by atoms with Crippen molar-refractivity contribution in [2.45, 2.75) is 19.9 Å². The number of aromatic nitrogens is 1. The molecular formula is C13H14N2O2S. The molecule has 0 spiro atoms. The Morgan fingerprint density at radius 2 is 2.17 bits per heavy atom. The highest BCUT2D eigenvalue weighted by Crippen LogP contribution is 2.27. The van der Waals surface area contributed by atoms with E-state index in [1.54, 1.807) is 0 Å². The quantitative estimate of drug-likeness (QED) is 0.891. The van der Waals surface area contributed by atoms with Gasteiger partial charge in [-0.1, -0.05) is 23.8 Å². The molecule has 4 nitrogen and oxygen atoms in total. The standard InChI is InChI=1S/C13H14N2O2S/c1-7-3-4-9(8(2)5-7)10-6-18-12(15-10)11(14)13(16)17/h3-6,11H,14H2,1-2H3,(H,16,17). The lowest BCUT2D eigenvalue weighted by atomic mass is 10.0. The van der Waals surface area contributed by atoms with E-state index >= 15 is 0 Å². The third-order valence-electron chi connectivity index (χ3n) is 2.71. The number of hydrogen-bond acceptors (Lipinski definition) is 4. The lowest BCUT2D eigenvalue weighted by Gasteiger charge is -2.04. The number of nitrogens with two attached hydrogens (primary N) is 1. The first-order chi connectivity index (χ1) is 8.49. The normalized spacial score (nSPS) is 12.4. The minimum atomic E-state index is -1.06. The van der Waals surface area contributed by atoms with Gasteiger partial charge in [0.25, 0.3) is 0 Å². The van der Waals surface area contributed by atoms with Gasteiger partial charge >= 0.3 is 5.97 Å². The fourth-order valence-electron chi connectivity index (χ4n) is 1.76. The van der Waals surface area contributed by atoms with E-state index in [-0.39, 0.29) is 0 Å². The molecule has 1 heterocycles. The highest BCUT2D eigenvalue weighted by atomic mass is 32.1. The Hall–Kier alpha value is -1.72. The zero-order valence-corrected chi connectivity index (χ0v) is 11.0. The average molecular weight is 262 g/mol. The van der Waals surface area contributed by atoms with Crippen molar-refractivity contribution in [1.82, 2.24) is 4.98 Å². The van der Waals surface area contributed by atoms with Crippen molar-refractivity contribution in [3.05, 3.63) is 39.7 Å². The largest absolute Gasteiger partial charge is 0.480 e. The summed E-state index contributed by atoms with van der Waals surface area (Å²) in [6.07, 6.45) is 0. The fraction of sp³-hybridized carbons (Fsp3) is 0.231. The molecule has 0 amide bonds. The Labute approximate surface area is 109 Å². The minimum absolute atomic E-state index is 0.428. The van der Waals surface area contributed by atoms with Gasteiger partial charge in [0.05, 0.1) is 5.69 Å². The van der Waals surface area contributed by atoms with Crippen LogP contribution < -0.4 is 5.73 Å². The second-order valence-corrected chi connectivity index (χ2v) is 5.09. The van der Waals surface area contributed by atoms with Crippen molar-refractivity contribution in [3.63, 3.8) is 0 Å². The molecule has 1 atom stereocenters. The second kappa shape index (κ2) is 4.88.